The second kappa shape index (κ2) is 12.2. The summed E-state index contributed by atoms with van der Waals surface area (Å²) in [5, 5.41) is 10.5. The number of sulfonamides is 1. The lowest BCUT2D eigenvalue weighted by molar-refractivity contribution is -0.129. The van der Waals surface area contributed by atoms with Crippen LogP contribution in [-0.2, 0) is 19.6 Å². The maximum atomic E-state index is 12.9. The summed E-state index contributed by atoms with van der Waals surface area (Å²) in [7, 11) is -0.500. The number of amidine groups is 1. The Kier molecular flexibility index (Phi) is 8.46. The van der Waals surface area contributed by atoms with Crippen LogP contribution in [0.2, 0.25) is 0 Å². The Bertz CT molecular complexity index is 1800. The van der Waals surface area contributed by atoms with Gasteiger partial charge in [-0.05, 0) is 36.4 Å². The predicted molar refractivity (Wildman–Crippen MR) is 168 cm³/mol. The van der Waals surface area contributed by atoms with Gasteiger partial charge in [-0.25, -0.2) is 9.69 Å². The molecule has 3 aromatic carbocycles. The van der Waals surface area contributed by atoms with Crippen LogP contribution in [0.1, 0.15) is 24.8 Å². The van der Waals surface area contributed by atoms with Crippen molar-refractivity contribution in [3.05, 3.63) is 96.7 Å². The van der Waals surface area contributed by atoms with Crippen LogP contribution in [0.25, 0.3) is 16.9 Å². The third-order valence-corrected chi connectivity index (χ3v) is 8.74. The zero-order valence-electron chi connectivity index (χ0n) is 23.9. The minimum atomic E-state index is -3.87. The fourth-order valence-electron chi connectivity index (χ4n) is 4.36. The maximum absolute atomic E-state index is 12.9. The van der Waals surface area contributed by atoms with Gasteiger partial charge in [0.25, 0.3) is 10.0 Å². The van der Waals surface area contributed by atoms with Gasteiger partial charge in [-0.3, -0.25) is 14.5 Å². The van der Waals surface area contributed by atoms with Crippen LogP contribution in [0.3, 0.4) is 0 Å². The average Bonchev–Trinajstić information content (AvgIpc) is 3.63. The number of carbonyl (C=O) groups is 2. The molecule has 1 aromatic heterocycles. The van der Waals surface area contributed by atoms with Gasteiger partial charge in [-0.2, -0.15) is 13.5 Å². The van der Waals surface area contributed by atoms with Gasteiger partial charge in [0.2, 0.25) is 11.8 Å². The lowest BCUT2D eigenvalue weighted by atomic mass is 10.1. The molecule has 0 bridgehead atoms. The van der Waals surface area contributed by atoms with Crippen LogP contribution in [0.4, 0.5) is 5.69 Å². The highest BCUT2D eigenvalue weighted by Gasteiger charge is 2.38. The van der Waals surface area contributed by atoms with E-state index in [0.29, 0.717) is 27.8 Å². The van der Waals surface area contributed by atoms with Crippen LogP contribution in [0, 0.1) is 0 Å². The molecule has 1 aliphatic heterocycles. The summed E-state index contributed by atoms with van der Waals surface area (Å²) in [6.07, 6.45) is 3.03. The number of benzene rings is 3. The van der Waals surface area contributed by atoms with E-state index in [2.05, 4.69) is 9.50 Å². The van der Waals surface area contributed by atoms with Crippen molar-refractivity contribution < 1.29 is 18.0 Å². The molecule has 0 aliphatic carbocycles. The minimum absolute atomic E-state index is 0.0439. The molecule has 0 N–H and O–H groups in total. The Morgan fingerprint density at radius 2 is 1.56 bits per heavy atom. The van der Waals surface area contributed by atoms with Crippen molar-refractivity contribution >= 4 is 50.8 Å². The molecule has 13 heteroatoms. The summed E-state index contributed by atoms with van der Waals surface area (Å²) in [6, 6.07) is 24.9. The van der Waals surface area contributed by atoms with Crippen molar-refractivity contribution in [2.75, 3.05) is 19.0 Å². The number of amides is 2. The van der Waals surface area contributed by atoms with Crippen LogP contribution < -0.4 is 4.90 Å². The molecule has 0 saturated heterocycles. The summed E-state index contributed by atoms with van der Waals surface area (Å²) < 4.78 is 30.5. The Morgan fingerprint density at radius 1 is 0.930 bits per heavy atom. The van der Waals surface area contributed by atoms with Crippen molar-refractivity contribution in [2.45, 2.75) is 24.1 Å². The highest BCUT2D eigenvalue weighted by molar-refractivity contribution is 8.14. The summed E-state index contributed by atoms with van der Waals surface area (Å²) in [6.45, 7) is 2.87. The Morgan fingerprint density at radius 3 is 2.14 bits per heavy atom. The summed E-state index contributed by atoms with van der Waals surface area (Å²) in [5.41, 5.74) is 3.36. The van der Waals surface area contributed by atoms with E-state index in [4.69, 9.17) is 5.10 Å². The first kappa shape index (κ1) is 29.7. The molecule has 0 radical (unpaired) electrons. The van der Waals surface area contributed by atoms with Crippen LogP contribution in [0.15, 0.2) is 106 Å². The Labute approximate surface area is 254 Å². The Hall–Kier alpha value is -4.75. The van der Waals surface area contributed by atoms with E-state index in [1.165, 1.54) is 58.9 Å². The Balaban J connectivity index is 1.56. The van der Waals surface area contributed by atoms with E-state index in [9.17, 15) is 18.0 Å². The molecule has 0 saturated carbocycles. The molecule has 1 aliphatic rings. The molecular weight excluding hydrogens is 587 g/mol. The topological polar surface area (TPSA) is 121 Å². The normalized spacial score (nSPS) is 15.0. The lowest BCUT2D eigenvalue weighted by Gasteiger charge is -2.20. The third kappa shape index (κ3) is 6.37. The quantitative estimate of drug-likeness (QED) is 0.218. The molecule has 1 unspecified atom stereocenters. The fourth-order valence-corrected chi connectivity index (χ4v) is 6.54. The highest BCUT2D eigenvalue weighted by atomic mass is 32.2. The van der Waals surface area contributed by atoms with E-state index in [-0.39, 0.29) is 16.7 Å². The van der Waals surface area contributed by atoms with Crippen molar-refractivity contribution in [1.82, 2.24) is 19.7 Å². The average molecular weight is 616 g/mol. The van der Waals surface area contributed by atoms with Crippen LogP contribution in [-0.4, -0.2) is 65.5 Å². The third-order valence-electron chi connectivity index (χ3n) is 6.35. The second-order valence-corrected chi connectivity index (χ2v) is 12.5. The largest absolute Gasteiger partial charge is 0.368 e. The summed E-state index contributed by atoms with van der Waals surface area (Å²) >= 11 is 1.27. The van der Waals surface area contributed by atoms with Crippen LogP contribution >= 0.6 is 11.8 Å². The van der Waals surface area contributed by atoms with E-state index < -0.39 is 15.4 Å². The lowest BCUT2D eigenvalue weighted by Crippen LogP contribution is -2.32. The first-order valence-electron chi connectivity index (χ1n) is 13.2. The summed E-state index contributed by atoms with van der Waals surface area (Å²) in [4.78, 5) is 28.7. The molecule has 4 aromatic rings. The fraction of sp³-hybridized carbons (Fsp3) is 0.167. The monoisotopic (exact) mass is 615 g/mol. The standard InChI is InChI=1S/C30H29N7O4S2/c1-21(38)36(25-13-9-6-10-14-25)30-33-37(22(2)39)29(42-30)27-19-35(32-28(27)23-11-7-5-8-12-23)24-15-17-26(18-16-24)43(40,41)31-20-34(3)4/h5-20,29H,1-4H3/b31-20+. The van der Waals surface area contributed by atoms with Gasteiger partial charge in [0.05, 0.1) is 22.0 Å². The maximum Gasteiger partial charge on any atom is 0.283 e. The molecular formula is C30H29N7O4S2. The number of hydrogen-bond donors (Lipinski definition) is 0. The number of aromatic nitrogens is 2. The number of carbonyl (C=O) groups excluding carboxylic acids is 2. The number of para-hydroxylation sites is 1. The van der Waals surface area contributed by atoms with Gasteiger partial charge in [-0.15, -0.1) is 9.50 Å². The molecule has 0 fully saturated rings. The molecule has 2 heterocycles. The number of anilines is 1. The summed E-state index contributed by atoms with van der Waals surface area (Å²) in [5.74, 6) is -0.547. The van der Waals surface area contributed by atoms with Gasteiger partial charge in [-0.1, -0.05) is 60.3 Å². The minimum Gasteiger partial charge on any atom is -0.368 e. The highest BCUT2D eigenvalue weighted by Crippen LogP contribution is 2.44. The van der Waals surface area contributed by atoms with Crippen molar-refractivity contribution in [3.63, 3.8) is 0 Å². The van der Waals surface area contributed by atoms with Crippen molar-refractivity contribution in [1.29, 1.82) is 0 Å². The van der Waals surface area contributed by atoms with E-state index in [1.54, 1.807) is 49.2 Å². The van der Waals surface area contributed by atoms with Crippen molar-refractivity contribution in [3.8, 4) is 16.9 Å². The van der Waals surface area contributed by atoms with Crippen molar-refractivity contribution in [2.24, 2.45) is 9.50 Å². The van der Waals surface area contributed by atoms with Gasteiger partial charge >= 0.3 is 0 Å². The number of hydrazone groups is 1. The molecule has 5 rings (SSSR count). The zero-order valence-corrected chi connectivity index (χ0v) is 25.5. The zero-order chi connectivity index (χ0) is 30.7. The first-order chi connectivity index (χ1) is 20.5. The number of thioether (sulfide) groups is 1. The van der Waals surface area contributed by atoms with Gasteiger partial charge in [0, 0.05) is 45.3 Å². The molecule has 0 spiro atoms. The van der Waals surface area contributed by atoms with Crippen LogP contribution in [0.5, 0.6) is 0 Å². The molecule has 11 nitrogen and oxygen atoms in total. The SMILES string of the molecule is CC(=O)N(C1=NN(C(C)=O)C(c2cn(-c3ccc(S(=O)(=O)/N=C/N(C)C)cc3)nc2-c2ccccc2)S1)c1ccccc1. The molecule has 220 valence electrons. The number of nitrogens with zero attached hydrogens (tertiary/aromatic N) is 7. The van der Waals surface area contributed by atoms with E-state index in [0.717, 1.165) is 5.56 Å². The predicted octanol–water partition coefficient (Wildman–Crippen LogP) is 4.74. The van der Waals surface area contributed by atoms with Gasteiger partial charge < -0.3 is 4.90 Å². The van der Waals surface area contributed by atoms with E-state index in [1.807, 2.05) is 48.5 Å². The van der Waals surface area contributed by atoms with Gasteiger partial charge in [0.1, 0.15) is 11.7 Å². The molecule has 1 atom stereocenters. The number of rotatable bonds is 7. The molecule has 43 heavy (non-hydrogen) atoms. The first-order valence-corrected chi connectivity index (χ1v) is 15.5. The van der Waals surface area contributed by atoms with E-state index >= 15 is 0 Å². The smallest absolute Gasteiger partial charge is 0.283 e. The second-order valence-electron chi connectivity index (χ2n) is 9.80. The molecule has 2 amide bonds. The number of hydrogen-bond acceptors (Lipinski definition) is 7. The van der Waals surface area contributed by atoms with Gasteiger partial charge in [0.15, 0.2) is 5.17 Å².